The van der Waals surface area contributed by atoms with Crippen LogP contribution in [-0.4, -0.2) is 43.1 Å². The van der Waals surface area contributed by atoms with E-state index in [-0.39, 0.29) is 23.3 Å². The summed E-state index contributed by atoms with van der Waals surface area (Å²) in [6.07, 6.45) is 0. The summed E-state index contributed by atoms with van der Waals surface area (Å²) in [5, 5.41) is 16.5. The lowest BCUT2D eigenvalue weighted by atomic mass is 10.0. The average Bonchev–Trinajstić information content (AvgIpc) is 2.79. The second-order valence-corrected chi connectivity index (χ2v) is 8.21. The first-order chi connectivity index (χ1) is 15.0. The Hall–Kier alpha value is -3.29. The van der Waals surface area contributed by atoms with E-state index in [9.17, 15) is 14.9 Å². The summed E-state index contributed by atoms with van der Waals surface area (Å²) in [5.74, 6) is -0.179. The molecule has 1 aliphatic rings. The third kappa shape index (κ3) is 4.73. The van der Waals surface area contributed by atoms with Crippen molar-refractivity contribution >= 4 is 28.1 Å². The van der Waals surface area contributed by atoms with Crippen molar-refractivity contribution in [2.45, 2.75) is 19.5 Å². The van der Waals surface area contributed by atoms with Gasteiger partial charge in [0.25, 0.3) is 11.6 Å². The van der Waals surface area contributed by atoms with E-state index in [1.807, 2.05) is 6.92 Å². The van der Waals surface area contributed by atoms with Gasteiger partial charge in [0.05, 0.1) is 4.92 Å². The zero-order valence-corrected chi connectivity index (χ0v) is 17.6. The highest BCUT2D eigenvalue weighted by Crippen LogP contribution is 2.23. The Morgan fingerprint density at radius 3 is 2.45 bits per heavy atom. The number of carbonyl (C=O) groups excluding carboxylic acids is 1. The Bertz CT molecular complexity index is 1090. The van der Waals surface area contributed by atoms with Crippen molar-refractivity contribution in [3.63, 3.8) is 0 Å². The maximum Gasteiger partial charge on any atom is 0.292 e. The molecule has 1 amide bonds. The fourth-order valence-electron chi connectivity index (χ4n) is 4.42. The predicted molar refractivity (Wildman–Crippen MR) is 120 cm³/mol. The van der Waals surface area contributed by atoms with Crippen molar-refractivity contribution in [2.24, 2.45) is 0 Å². The molecule has 0 aliphatic carbocycles. The Kier molecular flexibility index (Phi) is 6.25. The van der Waals surface area contributed by atoms with Crippen LogP contribution in [-0.2, 0) is 11.3 Å². The van der Waals surface area contributed by atoms with Gasteiger partial charge < -0.3 is 15.1 Å². The Morgan fingerprint density at radius 1 is 1.00 bits per heavy atom. The van der Waals surface area contributed by atoms with E-state index in [1.165, 1.54) is 32.2 Å². The molecule has 0 bridgehead atoms. The maximum absolute atomic E-state index is 12.7. The lowest BCUT2D eigenvalue weighted by Gasteiger charge is -2.32. The first-order valence-electron chi connectivity index (χ1n) is 10.7. The molecule has 31 heavy (non-hydrogen) atoms. The molecule has 1 aliphatic heterocycles. The highest BCUT2D eigenvalue weighted by molar-refractivity contribution is 5.95. The standard InChI is InChI=1S/C24H26N4O3/c1-18(24(29)25-22-11-4-5-12-23(22)28(30)31)27-15-13-26(14-16-27)17-20-9-6-8-19-7-2-3-10-21(19)20/h2-12,18H,13-17H2,1H3,(H,25,29)/p+2/t18-/m0/s1. The van der Waals surface area contributed by atoms with E-state index in [2.05, 4.69) is 47.8 Å². The number of nitro benzene ring substituents is 1. The third-order valence-electron chi connectivity index (χ3n) is 6.28. The number of nitrogens with one attached hydrogen (secondary N) is 3. The monoisotopic (exact) mass is 420 g/mol. The van der Waals surface area contributed by atoms with Crippen molar-refractivity contribution in [1.29, 1.82) is 0 Å². The molecule has 4 rings (SSSR count). The summed E-state index contributed by atoms with van der Waals surface area (Å²) >= 11 is 0. The number of rotatable bonds is 6. The number of para-hydroxylation sites is 2. The number of hydrogen-bond donors (Lipinski definition) is 3. The van der Waals surface area contributed by atoms with Gasteiger partial charge in [0.1, 0.15) is 38.4 Å². The molecule has 1 saturated heterocycles. The lowest BCUT2D eigenvalue weighted by Crippen LogP contribution is -3.29. The number of anilines is 1. The highest BCUT2D eigenvalue weighted by atomic mass is 16.6. The van der Waals surface area contributed by atoms with Crippen LogP contribution in [0.3, 0.4) is 0 Å². The average molecular weight is 421 g/mol. The van der Waals surface area contributed by atoms with E-state index in [0.717, 1.165) is 32.7 Å². The van der Waals surface area contributed by atoms with Crippen LogP contribution in [0, 0.1) is 10.1 Å². The van der Waals surface area contributed by atoms with Crippen LogP contribution in [0.4, 0.5) is 11.4 Å². The molecule has 0 aromatic heterocycles. The van der Waals surface area contributed by atoms with Gasteiger partial charge in [-0.3, -0.25) is 14.9 Å². The van der Waals surface area contributed by atoms with Crippen LogP contribution in [0.2, 0.25) is 0 Å². The van der Waals surface area contributed by atoms with Crippen molar-refractivity contribution in [1.82, 2.24) is 0 Å². The van der Waals surface area contributed by atoms with Crippen LogP contribution in [0.25, 0.3) is 10.8 Å². The van der Waals surface area contributed by atoms with Gasteiger partial charge in [-0.2, -0.15) is 0 Å². The van der Waals surface area contributed by atoms with Crippen LogP contribution in [0.1, 0.15) is 12.5 Å². The number of piperazine rings is 1. The van der Waals surface area contributed by atoms with Gasteiger partial charge in [0.15, 0.2) is 6.04 Å². The van der Waals surface area contributed by atoms with E-state index in [4.69, 9.17) is 0 Å². The van der Waals surface area contributed by atoms with Crippen LogP contribution in [0.15, 0.2) is 66.7 Å². The first-order valence-corrected chi connectivity index (χ1v) is 10.7. The van der Waals surface area contributed by atoms with Gasteiger partial charge in [0.2, 0.25) is 0 Å². The molecule has 7 heteroatoms. The van der Waals surface area contributed by atoms with Crippen LogP contribution >= 0.6 is 0 Å². The van der Waals surface area contributed by atoms with E-state index >= 15 is 0 Å². The minimum absolute atomic E-state index is 0.0811. The van der Waals surface area contributed by atoms with E-state index in [1.54, 1.807) is 18.2 Å². The van der Waals surface area contributed by atoms with E-state index < -0.39 is 4.92 Å². The van der Waals surface area contributed by atoms with Crippen molar-refractivity contribution in [2.75, 3.05) is 31.5 Å². The second-order valence-electron chi connectivity index (χ2n) is 8.21. The molecule has 3 N–H and O–H groups in total. The molecule has 1 fully saturated rings. The third-order valence-corrected chi connectivity index (χ3v) is 6.28. The summed E-state index contributed by atoms with van der Waals surface area (Å²) < 4.78 is 0. The predicted octanol–water partition coefficient (Wildman–Crippen LogP) is 1.06. The molecule has 160 valence electrons. The minimum atomic E-state index is -0.470. The van der Waals surface area contributed by atoms with Gasteiger partial charge in [-0.05, 0) is 23.8 Å². The minimum Gasteiger partial charge on any atom is -0.322 e. The number of hydrogen-bond acceptors (Lipinski definition) is 3. The van der Waals surface area contributed by atoms with Crippen LogP contribution in [0.5, 0.6) is 0 Å². The molecular weight excluding hydrogens is 392 g/mol. The maximum atomic E-state index is 12.7. The number of quaternary nitrogens is 2. The van der Waals surface area contributed by atoms with Crippen molar-refractivity contribution in [3.8, 4) is 0 Å². The molecule has 0 spiro atoms. The van der Waals surface area contributed by atoms with Crippen molar-refractivity contribution in [3.05, 3.63) is 82.4 Å². The zero-order valence-electron chi connectivity index (χ0n) is 17.6. The van der Waals surface area contributed by atoms with E-state index in [0.29, 0.717) is 0 Å². The number of benzene rings is 3. The summed E-state index contributed by atoms with van der Waals surface area (Å²) in [6, 6.07) is 21.0. The van der Waals surface area contributed by atoms with Gasteiger partial charge >= 0.3 is 0 Å². The summed E-state index contributed by atoms with van der Waals surface area (Å²) in [6.45, 7) is 6.64. The smallest absolute Gasteiger partial charge is 0.292 e. The quantitative estimate of drug-likeness (QED) is 0.412. The largest absolute Gasteiger partial charge is 0.322 e. The van der Waals surface area contributed by atoms with Gasteiger partial charge in [-0.25, -0.2) is 0 Å². The second kappa shape index (κ2) is 9.24. The normalized spacial score (nSPS) is 19.6. The topological polar surface area (TPSA) is 81.1 Å². The fourth-order valence-corrected chi connectivity index (χ4v) is 4.42. The fraction of sp³-hybridized carbons (Fsp3) is 0.292. The number of nitrogens with zero attached hydrogens (tertiary/aromatic N) is 1. The summed E-state index contributed by atoms with van der Waals surface area (Å²) in [5.41, 5.74) is 1.53. The van der Waals surface area contributed by atoms with Gasteiger partial charge in [-0.15, -0.1) is 0 Å². The van der Waals surface area contributed by atoms with Crippen molar-refractivity contribution < 1.29 is 19.5 Å². The Balaban J connectivity index is 1.35. The Morgan fingerprint density at radius 2 is 1.68 bits per heavy atom. The zero-order chi connectivity index (χ0) is 21.8. The number of nitro groups is 1. The molecule has 0 radical (unpaired) electrons. The number of carbonyl (C=O) groups is 1. The molecule has 7 nitrogen and oxygen atoms in total. The molecule has 3 aromatic rings. The molecule has 1 atom stereocenters. The number of amides is 1. The lowest BCUT2D eigenvalue weighted by molar-refractivity contribution is -1.02. The molecule has 1 heterocycles. The molecule has 0 saturated carbocycles. The highest BCUT2D eigenvalue weighted by Gasteiger charge is 2.32. The molecular formula is C24H28N4O3+2. The first kappa shape index (κ1) is 21.0. The molecule has 3 aromatic carbocycles. The summed E-state index contributed by atoms with van der Waals surface area (Å²) in [4.78, 5) is 26.2. The SMILES string of the molecule is C[C@@H](C(=O)Nc1ccccc1[N+](=O)[O-])[NH+]1CC[NH+](Cc2cccc3ccccc23)CC1. The number of fused-ring (bicyclic) bond motifs is 1. The molecule has 0 unspecified atom stereocenters. The summed E-state index contributed by atoms with van der Waals surface area (Å²) in [7, 11) is 0. The Labute approximate surface area is 181 Å². The van der Waals surface area contributed by atoms with Crippen LogP contribution < -0.4 is 15.1 Å². The van der Waals surface area contributed by atoms with Gasteiger partial charge in [0, 0.05) is 11.6 Å². The van der Waals surface area contributed by atoms with Gasteiger partial charge in [-0.1, -0.05) is 54.6 Å².